The number of carbonyl (C=O) groups excluding carboxylic acids is 1. The first-order valence-corrected chi connectivity index (χ1v) is 9.92. The number of fused-ring (bicyclic) bond motifs is 1. The quantitative estimate of drug-likeness (QED) is 0.469. The highest BCUT2D eigenvalue weighted by atomic mass is 16.5. The van der Waals surface area contributed by atoms with E-state index in [4.69, 9.17) is 9.15 Å². The minimum atomic E-state index is -0.122. The monoisotopic (exact) mass is 400 g/mol. The Morgan fingerprint density at radius 1 is 1.00 bits per heavy atom. The smallest absolute Gasteiger partial charge is 0.253 e. The molecule has 2 aromatic carbocycles. The van der Waals surface area contributed by atoms with Gasteiger partial charge in [-0.3, -0.25) is 9.78 Å². The summed E-state index contributed by atoms with van der Waals surface area (Å²) in [4.78, 5) is 17.3. The number of pyridine rings is 1. The van der Waals surface area contributed by atoms with Gasteiger partial charge in [0.1, 0.15) is 12.4 Å². The lowest BCUT2D eigenvalue weighted by molar-refractivity contribution is 0.0928. The average molecular weight is 400 g/mol. The molecule has 0 atom stereocenters. The number of carbonyl (C=O) groups is 1. The van der Waals surface area contributed by atoms with Gasteiger partial charge in [0, 0.05) is 11.9 Å². The third-order valence-electron chi connectivity index (χ3n) is 4.94. The Labute approximate surface area is 175 Å². The summed E-state index contributed by atoms with van der Waals surface area (Å²) in [5.41, 5.74) is 5.44. The van der Waals surface area contributed by atoms with Gasteiger partial charge in [0.05, 0.1) is 29.6 Å². The SMILES string of the molecule is Cc1ccc2nc(C)c(C(=O)NCc3cccc(COCc4ccco4)c3)cc2c1. The summed E-state index contributed by atoms with van der Waals surface area (Å²) in [6.45, 7) is 5.25. The largest absolute Gasteiger partial charge is 0.467 e. The predicted molar refractivity (Wildman–Crippen MR) is 116 cm³/mol. The maximum absolute atomic E-state index is 12.8. The molecule has 0 spiro atoms. The van der Waals surface area contributed by atoms with Crippen LogP contribution in [0, 0.1) is 13.8 Å². The van der Waals surface area contributed by atoms with Crippen LogP contribution in [-0.2, 0) is 24.5 Å². The van der Waals surface area contributed by atoms with E-state index in [1.54, 1.807) is 6.26 Å². The van der Waals surface area contributed by atoms with Crippen LogP contribution in [0.3, 0.4) is 0 Å². The molecule has 0 fully saturated rings. The lowest BCUT2D eigenvalue weighted by Gasteiger charge is -2.10. The van der Waals surface area contributed by atoms with Crippen LogP contribution >= 0.6 is 0 Å². The lowest BCUT2D eigenvalue weighted by Crippen LogP contribution is -2.24. The van der Waals surface area contributed by atoms with Crippen LogP contribution in [0.2, 0.25) is 0 Å². The summed E-state index contributed by atoms with van der Waals surface area (Å²) in [6.07, 6.45) is 1.63. The van der Waals surface area contributed by atoms with Gasteiger partial charge >= 0.3 is 0 Å². The predicted octanol–water partition coefficient (Wildman–Crippen LogP) is 5.09. The zero-order valence-electron chi connectivity index (χ0n) is 17.1. The summed E-state index contributed by atoms with van der Waals surface area (Å²) in [5.74, 6) is 0.677. The van der Waals surface area contributed by atoms with Crippen molar-refractivity contribution < 1.29 is 13.9 Å². The molecule has 30 heavy (non-hydrogen) atoms. The first-order valence-electron chi connectivity index (χ1n) is 9.92. The fraction of sp³-hybridized carbons (Fsp3) is 0.200. The van der Waals surface area contributed by atoms with Gasteiger partial charge in [0.25, 0.3) is 5.91 Å². The van der Waals surface area contributed by atoms with Gasteiger partial charge in [-0.25, -0.2) is 0 Å². The third-order valence-corrected chi connectivity index (χ3v) is 4.94. The molecule has 5 heteroatoms. The van der Waals surface area contributed by atoms with Crippen molar-refractivity contribution in [3.05, 3.63) is 101 Å². The Morgan fingerprint density at radius 3 is 2.70 bits per heavy atom. The highest BCUT2D eigenvalue weighted by Crippen LogP contribution is 2.18. The van der Waals surface area contributed by atoms with Crippen molar-refractivity contribution in [2.75, 3.05) is 0 Å². The highest BCUT2D eigenvalue weighted by Gasteiger charge is 2.12. The van der Waals surface area contributed by atoms with E-state index < -0.39 is 0 Å². The van der Waals surface area contributed by atoms with Gasteiger partial charge < -0.3 is 14.5 Å². The molecular formula is C25H24N2O3. The number of nitrogens with zero attached hydrogens (tertiary/aromatic N) is 1. The Hall–Kier alpha value is -3.44. The molecule has 0 aliphatic heterocycles. The number of nitrogens with one attached hydrogen (secondary N) is 1. The van der Waals surface area contributed by atoms with Crippen molar-refractivity contribution in [1.29, 1.82) is 0 Å². The van der Waals surface area contributed by atoms with E-state index in [9.17, 15) is 4.79 Å². The molecule has 0 aliphatic rings. The first-order chi connectivity index (χ1) is 14.6. The van der Waals surface area contributed by atoms with Crippen molar-refractivity contribution in [1.82, 2.24) is 10.3 Å². The summed E-state index contributed by atoms with van der Waals surface area (Å²) in [7, 11) is 0. The molecule has 0 unspecified atom stereocenters. The van der Waals surface area contributed by atoms with Gasteiger partial charge in [0.15, 0.2) is 0 Å². The van der Waals surface area contributed by atoms with Crippen molar-refractivity contribution in [2.24, 2.45) is 0 Å². The van der Waals surface area contributed by atoms with E-state index in [1.807, 2.05) is 74.5 Å². The standard InChI is InChI=1S/C25H24N2O3/c1-17-8-9-24-21(11-17)13-23(18(2)27-24)25(28)26-14-19-5-3-6-20(12-19)15-29-16-22-7-4-10-30-22/h3-13H,14-16H2,1-2H3,(H,26,28). The molecule has 2 aromatic heterocycles. The van der Waals surface area contributed by atoms with Crippen LogP contribution in [0.4, 0.5) is 0 Å². The number of hydrogen-bond acceptors (Lipinski definition) is 4. The number of benzene rings is 2. The molecule has 1 amide bonds. The summed E-state index contributed by atoms with van der Waals surface area (Å²) in [5, 5.41) is 3.98. The Bertz CT molecular complexity index is 1170. The molecule has 2 heterocycles. The van der Waals surface area contributed by atoms with Crippen LogP contribution in [-0.4, -0.2) is 10.9 Å². The Morgan fingerprint density at radius 2 is 1.87 bits per heavy atom. The fourth-order valence-corrected chi connectivity index (χ4v) is 3.39. The zero-order chi connectivity index (χ0) is 20.9. The van der Waals surface area contributed by atoms with E-state index in [0.29, 0.717) is 25.3 Å². The number of aryl methyl sites for hydroxylation is 2. The fourth-order valence-electron chi connectivity index (χ4n) is 3.39. The molecule has 152 valence electrons. The van der Waals surface area contributed by atoms with Crippen molar-refractivity contribution in [3.8, 4) is 0 Å². The molecule has 4 rings (SSSR count). The number of ether oxygens (including phenoxy) is 1. The molecule has 0 saturated carbocycles. The molecule has 0 bridgehead atoms. The maximum Gasteiger partial charge on any atom is 0.253 e. The molecule has 0 radical (unpaired) electrons. The van der Waals surface area contributed by atoms with Crippen LogP contribution < -0.4 is 5.32 Å². The lowest BCUT2D eigenvalue weighted by atomic mass is 10.1. The second-order valence-electron chi connectivity index (χ2n) is 7.39. The van der Waals surface area contributed by atoms with E-state index in [-0.39, 0.29) is 5.91 Å². The summed E-state index contributed by atoms with van der Waals surface area (Å²) < 4.78 is 11.0. The molecule has 1 N–H and O–H groups in total. The van der Waals surface area contributed by atoms with E-state index in [2.05, 4.69) is 10.3 Å². The van der Waals surface area contributed by atoms with E-state index in [0.717, 1.165) is 39.0 Å². The second kappa shape index (κ2) is 8.93. The van der Waals surface area contributed by atoms with Crippen molar-refractivity contribution in [3.63, 3.8) is 0 Å². The number of furan rings is 1. The third kappa shape index (κ3) is 4.75. The van der Waals surface area contributed by atoms with Gasteiger partial charge in [-0.05, 0) is 55.3 Å². The van der Waals surface area contributed by atoms with Crippen molar-refractivity contribution in [2.45, 2.75) is 33.6 Å². The number of hydrogen-bond donors (Lipinski definition) is 1. The zero-order valence-corrected chi connectivity index (χ0v) is 17.1. The van der Waals surface area contributed by atoms with Crippen LogP contribution in [0.25, 0.3) is 10.9 Å². The molecule has 5 nitrogen and oxygen atoms in total. The minimum Gasteiger partial charge on any atom is -0.467 e. The van der Waals surface area contributed by atoms with E-state index in [1.165, 1.54) is 0 Å². The highest BCUT2D eigenvalue weighted by molar-refractivity contribution is 5.98. The number of aromatic nitrogens is 1. The van der Waals surface area contributed by atoms with E-state index >= 15 is 0 Å². The van der Waals surface area contributed by atoms with Gasteiger partial charge in [-0.15, -0.1) is 0 Å². The normalized spacial score (nSPS) is 11.0. The van der Waals surface area contributed by atoms with Gasteiger partial charge in [-0.1, -0.05) is 35.9 Å². The topological polar surface area (TPSA) is 64.4 Å². The van der Waals surface area contributed by atoms with Gasteiger partial charge in [-0.2, -0.15) is 0 Å². The molecule has 0 aliphatic carbocycles. The van der Waals surface area contributed by atoms with Crippen molar-refractivity contribution >= 4 is 16.8 Å². The first kappa shape index (κ1) is 19.9. The minimum absolute atomic E-state index is 0.122. The number of rotatable bonds is 7. The van der Waals surface area contributed by atoms with Gasteiger partial charge in [0.2, 0.25) is 0 Å². The maximum atomic E-state index is 12.8. The number of amides is 1. The average Bonchev–Trinajstić information content (AvgIpc) is 3.26. The Balaban J connectivity index is 1.39. The molecule has 0 saturated heterocycles. The summed E-state index contributed by atoms with van der Waals surface area (Å²) >= 11 is 0. The van der Waals surface area contributed by atoms with Crippen LogP contribution in [0.15, 0.2) is 71.3 Å². The van der Waals surface area contributed by atoms with Crippen LogP contribution in [0.1, 0.15) is 38.5 Å². The molecular weight excluding hydrogens is 376 g/mol. The molecule has 4 aromatic rings. The second-order valence-corrected chi connectivity index (χ2v) is 7.39. The summed E-state index contributed by atoms with van der Waals surface area (Å²) in [6, 6.07) is 19.7. The van der Waals surface area contributed by atoms with Crippen LogP contribution in [0.5, 0.6) is 0 Å². The Kier molecular flexibility index (Phi) is 5.91.